The zero-order valence-corrected chi connectivity index (χ0v) is 22.8. The number of nitrogens with one attached hydrogen (secondary N) is 1. The number of hydrogen-bond donors (Lipinski definition) is 2. The molecule has 0 aromatic heterocycles. The predicted molar refractivity (Wildman–Crippen MR) is 137 cm³/mol. The number of alkyl halides is 1. The number of rotatable bonds is 6. The van der Waals surface area contributed by atoms with Gasteiger partial charge in [-0.05, 0) is 78.6 Å². The van der Waals surface area contributed by atoms with Crippen molar-refractivity contribution in [2.45, 2.75) is 125 Å². The highest BCUT2D eigenvalue weighted by Crippen LogP contribution is 2.32. The van der Waals surface area contributed by atoms with Gasteiger partial charge in [0.25, 0.3) is 0 Å². The van der Waals surface area contributed by atoms with Crippen LogP contribution in [0.25, 0.3) is 0 Å². The Morgan fingerprint density at radius 2 is 1.45 bits per heavy atom. The molecule has 2 heterocycles. The first-order valence-corrected chi connectivity index (χ1v) is 13.1. The molecular weight excluding hydrogens is 389 g/mol. The van der Waals surface area contributed by atoms with Crippen molar-refractivity contribution >= 4 is 0 Å². The molecule has 0 spiro atoms. The molecule has 2 unspecified atom stereocenters. The number of aliphatic hydroxyl groups is 1. The van der Waals surface area contributed by atoms with E-state index in [0.717, 1.165) is 32.0 Å². The molecule has 2 aliphatic rings. The normalized spacial score (nSPS) is 23.3. The van der Waals surface area contributed by atoms with Gasteiger partial charge >= 0.3 is 0 Å². The average molecular weight is 448 g/mol. The zero-order chi connectivity index (χ0) is 24.4. The van der Waals surface area contributed by atoms with Crippen LogP contribution in [-0.4, -0.2) is 78.0 Å². The van der Waals surface area contributed by atoms with Gasteiger partial charge in [0.1, 0.15) is 5.67 Å². The summed E-state index contributed by atoms with van der Waals surface area (Å²) in [6, 6.07) is 1.25. The molecule has 190 valence electrons. The minimum atomic E-state index is -0.922. The van der Waals surface area contributed by atoms with Gasteiger partial charge in [0.2, 0.25) is 0 Å². The minimum absolute atomic E-state index is 0.159. The molecule has 2 N–H and O–H groups in total. The van der Waals surface area contributed by atoms with Crippen molar-refractivity contribution in [3.63, 3.8) is 0 Å². The molecule has 0 bridgehead atoms. The Hall–Kier alpha value is -0.230. The van der Waals surface area contributed by atoms with E-state index in [1.807, 2.05) is 27.7 Å². The highest BCUT2D eigenvalue weighted by molar-refractivity contribution is 4.89. The maximum Gasteiger partial charge on any atom is 0.126 e. The highest BCUT2D eigenvalue weighted by atomic mass is 19.1. The SMILES string of the molecule is CC.CC(C)N1CCCCC1.CC(O)CNC(C)C.CCN1CCCC(F)(C(C)C)C1. The van der Waals surface area contributed by atoms with Gasteiger partial charge in [-0.1, -0.05) is 54.9 Å². The summed E-state index contributed by atoms with van der Waals surface area (Å²) in [4.78, 5) is 4.77. The van der Waals surface area contributed by atoms with Gasteiger partial charge in [-0.15, -0.1) is 0 Å². The third kappa shape index (κ3) is 17.0. The van der Waals surface area contributed by atoms with Crippen molar-refractivity contribution in [2.75, 3.05) is 39.3 Å². The number of likely N-dealkylation sites (tertiary alicyclic amines) is 2. The van der Waals surface area contributed by atoms with Crippen LogP contribution >= 0.6 is 0 Å². The minimum Gasteiger partial charge on any atom is -0.392 e. The van der Waals surface area contributed by atoms with Crippen LogP contribution < -0.4 is 5.32 Å². The first-order chi connectivity index (χ1) is 14.5. The van der Waals surface area contributed by atoms with Gasteiger partial charge in [-0.25, -0.2) is 4.39 Å². The average Bonchev–Trinajstić information content (AvgIpc) is 2.75. The predicted octanol–water partition coefficient (Wildman–Crippen LogP) is 5.74. The molecule has 2 rings (SSSR count). The van der Waals surface area contributed by atoms with Crippen LogP contribution in [0.15, 0.2) is 0 Å². The summed E-state index contributed by atoms with van der Waals surface area (Å²) in [5, 5.41) is 11.8. The smallest absolute Gasteiger partial charge is 0.126 e. The number of halogens is 1. The second kappa shape index (κ2) is 19.3. The fourth-order valence-corrected chi connectivity index (χ4v) is 3.71. The van der Waals surface area contributed by atoms with Crippen molar-refractivity contribution in [3.8, 4) is 0 Å². The Morgan fingerprint density at radius 3 is 1.77 bits per heavy atom. The van der Waals surface area contributed by atoms with Crippen molar-refractivity contribution in [2.24, 2.45) is 5.92 Å². The van der Waals surface area contributed by atoms with Crippen LogP contribution in [0.5, 0.6) is 0 Å². The Bertz CT molecular complexity index is 377. The number of aliphatic hydroxyl groups excluding tert-OH is 1. The number of nitrogens with zero attached hydrogens (tertiary/aromatic N) is 2. The Kier molecular flexibility index (Phi) is 20.5. The second-order valence-corrected chi connectivity index (χ2v) is 9.76. The van der Waals surface area contributed by atoms with Gasteiger partial charge in [0, 0.05) is 25.2 Å². The summed E-state index contributed by atoms with van der Waals surface area (Å²) in [5.41, 5.74) is -0.922. The van der Waals surface area contributed by atoms with E-state index in [1.165, 1.54) is 32.4 Å². The van der Waals surface area contributed by atoms with Crippen LogP contribution in [0.3, 0.4) is 0 Å². The number of hydrogen-bond acceptors (Lipinski definition) is 4. The molecule has 0 amide bonds. The van der Waals surface area contributed by atoms with E-state index in [0.29, 0.717) is 19.1 Å². The van der Waals surface area contributed by atoms with Crippen molar-refractivity contribution < 1.29 is 9.50 Å². The van der Waals surface area contributed by atoms with Crippen LogP contribution in [0.4, 0.5) is 4.39 Å². The largest absolute Gasteiger partial charge is 0.392 e. The van der Waals surface area contributed by atoms with E-state index in [2.05, 4.69) is 49.7 Å². The standard InChI is InChI=1S/C10H20FN.C8H17N.C6H15NO.C2H6/c1-4-12-7-5-6-10(11,8-12)9(2)3;1-8(2)9-6-4-3-5-7-9;1-5(2)7-4-6(3)8;1-2/h9H,4-8H2,1-3H3;8H,3-7H2,1-2H3;5-8H,4H2,1-3H3;1-2H3. The van der Waals surface area contributed by atoms with Gasteiger partial charge < -0.3 is 20.2 Å². The number of piperidine rings is 2. The van der Waals surface area contributed by atoms with Crippen LogP contribution in [-0.2, 0) is 0 Å². The fraction of sp³-hybridized carbons (Fsp3) is 1.00. The molecule has 5 heteroatoms. The molecular formula is C26H58FN3O. The fourth-order valence-electron chi connectivity index (χ4n) is 3.71. The Morgan fingerprint density at radius 1 is 0.903 bits per heavy atom. The molecule has 0 radical (unpaired) electrons. The molecule has 0 aliphatic carbocycles. The van der Waals surface area contributed by atoms with Crippen LogP contribution in [0.2, 0.25) is 0 Å². The highest BCUT2D eigenvalue weighted by Gasteiger charge is 2.37. The quantitative estimate of drug-likeness (QED) is 0.545. The monoisotopic (exact) mass is 447 g/mol. The molecule has 0 saturated carbocycles. The van der Waals surface area contributed by atoms with Gasteiger partial charge in [0.15, 0.2) is 0 Å². The van der Waals surface area contributed by atoms with E-state index in [-0.39, 0.29) is 12.0 Å². The first-order valence-electron chi connectivity index (χ1n) is 13.1. The van der Waals surface area contributed by atoms with Gasteiger partial charge in [-0.2, -0.15) is 0 Å². The van der Waals surface area contributed by atoms with E-state index in [9.17, 15) is 4.39 Å². The molecule has 2 aliphatic heterocycles. The lowest BCUT2D eigenvalue weighted by atomic mass is 9.84. The maximum atomic E-state index is 14.1. The molecule has 31 heavy (non-hydrogen) atoms. The summed E-state index contributed by atoms with van der Waals surface area (Å²) in [5.74, 6) is 0.159. The molecule has 4 nitrogen and oxygen atoms in total. The molecule has 2 atom stereocenters. The first kappa shape index (κ1) is 32.9. The Labute approximate surface area is 195 Å². The lowest BCUT2D eigenvalue weighted by molar-refractivity contribution is 0.0103. The van der Waals surface area contributed by atoms with E-state index in [4.69, 9.17) is 5.11 Å². The Balaban J connectivity index is 0. The summed E-state index contributed by atoms with van der Waals surface area (Å²) >= 11 is 0. The third-order valence-electron chi connectivity index (χ3n) is 5.98. The van der Waals surface area contributed by atoms with E-state index in [1.54, 1.807) is 6.92 Å². The van der Waals surface area contributed by atoms with E-state index >= 15 is 0 Å². The lowest BCUT2D eigenvalue weighted by Crippen LogP contribution is -2.48. The molecule has 2 fully saturated rings. The van der Waals surface area contributed by atoms with Crippen LogP contribution in [0.1, 0.15) is 101 Å². The van der Waals surface area contributed by atoms with Crippen molar-refractivity contribution in [1.29, 1.82) is 0 Å². The van der Waals surface area contributed by atoms with Crippen LogP contribution in [0, 0.1) is 5.92 Å². The van der Waals surface area contributed by atoms with Gasteiger partial charge in [0.05, 0.1) is 6.10 Å². The summed E-state index contributed by atoms with van der Waals surface area (Å²) in [7, 11) is 0. The third-order valence-corrected chi connectivity index (χ3v) is 5.98. The molecule has 0 aromatic rings. The maximum absolute atomic E-state index is 14.1. The summed E-state index contributed by atoms with van der Waals surface area (Å²) in [6.07, 6.45) is 5.82. The van der Waals surface area contributed by atoms with Crippen molar-refractivity contribution in [1.82, 2.24) is 15.1 Å². The zero-order valence-electron chi connectivity index (χ0n) is 22.8. The second-order valence-electron chi connectivity index (χ2n) is 9.76. The van der Waals surface area contributed by atoms with Crippen molar-refractivity contribution in [3.05, 3.63) is 0 Å². The summed E-state index contributed by atoms with van der Waals surface area (Å²) in [6.45, 7) is 26.6. The van der Waals surface area contributed by atoms with Gasteiger partial charge in [-0.3, -0.25) is 0 Å². The summed E-state index contributed by atoms with van der Waals surface area (Å²) < 4.78 is 14.1. The van der Waals surface area contributed by atoms with E-state index < -0.39 is 5.67 Å². The molecule has 2 saturated heterocycles. The lowest BCUT2D eigenvalue weighted by Gasteiger charge is -2.39. The molecule has 0 aromatic carbocycles. The topological polar surface area (TPSA) is 38.7 Å².